The van der Waals surface area contributed by atoms with Gasteiger partial charge in [0.15, 0.2) is 6.29 Å². The van der Waals surface area contributed by atoms with Crippen molar-refractivity contribution in [3.05, 3.63) is 0 Å². The van der Waals surface area contributed by atoms with E-state index in [9.17, 15) is 4.57 Å². The fourth-order valence-electron chi connectivity index (χ4n) is 0.621. The highest BCUT2D eigenvalue weighted by atomic mass is 31.2. The van der Waals surface area contributed by atoms with E-state index in [4.69, 9.17) is 18.3 Å². The third-order valence-electron chi connectivity index (χ3n) is 1.19. The molecule has 66 valence electrons. The number of ether oxygens (including phenoxy) is 1. The second-order valence-corrected chi connectivity index (χ2v) is 3.64. The molecule has 1 heterocycles. The Morgan fingerprint density at radius 2 is 2.00 bits per heavy atom. The van der Waals surface area contributed by atoms with Crippen molar-refractivity contribution in [3.8, 4) is 0 Å². The first-order chi connectivity index (χ1) is 5.16. The van der Waals surface area contributed by atoms with Crippen LogP contribution < -0.4 is 0 Å². The van der Waals surface area contributed by atoms with E-state index in [-0.39, 0.29) is 0 Å². The summed E-state index contributed by atoms with van der Waals surface area (Å²) in [6.07, 6.45) is -0.570. The van der Waals surface area contributed by atoms with E-state index in [0.717, 1.165) is 0 Å². The third-order valence-corrected chi connectivity index (χ3v) is 2.74. The molecule has 0 aliphatic carbocycles. The van der Waals surface area contributed by atoms with Crippen LogP contribution >= 0.6 is 7.82 Å². The highest BCUT2D eigenvalue weighted by Crippen LogP contribution is 2.53. The Morgan fingerprint density at radius 1 is 1.45 bits per heavy atom. The largest absolute Gasteiger partial charge is 0.477 e. The summed E-state index contributed by atoms with van der Waals surface area (Å²) < 4.78 is 30.3. The Kier molecular flexibility index (Phi) is 3.04. The topological polar surface area (TPSA) is 54.0 Å². The Balaban J connectivity index is 2.40. The molecule has 0 spiro atoms. The van der Waals surface area contributed by atoms with Gasteiger partial charge in [-0.3, -0.25) is 13.6 Å². The number of hydrogen-bond acceptors (Lipinski definition) is 5. The summed E-state index contributed by atoms with van der Waals surface area (Å²) in [5, 5.41) is 0. The summed E-state index contributed by atoms with van der Waals surface area (Å²) in [5.74, 6) is 0. The highest BCUT2D eigenvalue weighted by Gasteiger charge is 2.33. The molecule has 1 saturated heterocycles. The van der Waals surface area contributed by atoms with Gasteiger partial charge in [0.25, 0.3) is 0 Å². The van der Waals surface area contributed by atoms with Crippen molar-refractivity contribution < 1.29 is 22.9 Å². The molecule has 5 nitrogen and oxygen atoms in total. The Labute approximate surface area is 65.2 Å². The van der Waals surface area contributed by atoms with Gasteiger partial charge in [-0.05, 0) is 6.92 Å². The molecule has 0 radical (unpaired) electrons. The molecule has 1 atom stereocenters. The number of hydrogen-bond donors (Lipinski definition) is 0. The molecule has 0 amide bonds. The van der Waals surface area contributed by atoms with Crippen molar-refractivity contribution in [1.29, 1.82) is 0 Å². The van der Waals surface area contributed by atoms with Crippen molar-refractivity contribution in [1.82, 2.24) is 0 Å². The van der Waals surface area contributed by atoms with Crippen LogP contribution in [0, 0.1) is 0 Å². The van der Waals surface area contributed by atoms with Gasteiger partial charge in [0, 0.05) is 7.11 Å². The summed E-state index contributed by atoms with van der Waals surface area (Å²) in [6.45, 7) is 2.24. The summed E-state index contributed by atoms with van der Waals surface area (Å²) in [5.41, 5.74) is 0. The van der Waals surface area contributed by atoms with E-state index in [1.54, 1.807) is 6.92 Å². The van der Waals surface area contributed by atoms with Crippen LogP contribution in [0.1, 0.15) is 6.92 Å². The maximum Gasteiger partial charge on any atom is 0.477 e. The highest BCUT2D eigenvalue weighted by molar-refractivity contribution is 7.48. The maximum absolute atomic E-state index is 11.2. The van der Waals surface area contributed by atoms with Gasteiger partial charge >= 0.3 is 7.82 Å². The molecule has 0 aromatic heterocycles. The van der Waals surface area contributed by atoms with Crippen LogP contribution in [-0.4, -0.2) is 26.6 Å². The first kappa shape index (κ1) is 9.16. The summed E-state index contributed by atoms with van der Waals surface area (Å²) in [7, 11) is -1.82. The van der Waals surface area contributed by atoms with Crippen molar-refractivity contribution in [2.45, 2.75) is 13.2 Å². The third kappa shape index (κ3) is 2.54. The van der Waals surface area contributed by atoms with E-state index in [2.05, 4.69) is 0 Å². The molecule has 0 N–H and O–H groups in total. The Bertz CT molecular complexity index is 160. The molecule has 6 heteroatoms. The van der Waals surface area contributed by atoms with Gasteiger partial charge in [0.1, 0.15) is 0 Å². The first-order valence-electron chi connectivity index (χ1n) is 3.26. The molecule has 1 unspecified atom stereocenters. The van der Waals surface area contributed by atoms with Gasteiger partial charge in [-0.15, -0.1) is 0 Å². The van der Waals surface area contributed by atoms with Gasteiger partial charge in [-0.1, -0.05) is 0 Å². The fourth-order valence-corrected chi connectivity index (χ4v) is 1.86. The number of phosphoric ester groups is 1. The molecule has 1 rings (SSSR count). The number of phosphoric acid groups is 1. The molecule has 0 saturated carbocycles. The molecular formula is C5H11O5P. The maximum atomic E-state index is 11.2. The Morgan fingerprint density at radius 3 is 2.45 bits per heavy atom. The van der Waals surface area contributed by atoms with Crippen LogP contribution in [0.2, 0.25) is 0 Å². The monoisotopic (exact) mass is 182 g/mol. The van der Waals surface area contributed by atoms with Gasteiger partial charge in [-0.2, -0.15) is 0 Å². The molecule has 1 fully saturated rings. The minimum absolute atomic E-state index is 0.313. The van der Waals surface area contributed by atoms with Crippen LogP contribution in [0.25, 0.3) is 0 Å². The number of rotatable bonds is 3. The zero-order chi connectivity index (χ0) is 8.32. The van der Waals surface area contributed by atoms with Crippen LogP contribution in [-0.2, 0) is 22.9 Å². The molecule has 0 aromatic rings. The Hall–Kier alpha value is 0.0700. The van der Waals surface area contributed by atoms with Crippen molar-refractivity contribution in [2.75, 3.05) is 20.3 Å². The lowest BCUT2D eigenvalue weighted by atomic mass is 10.8. The van der Waals surface area contributed by atoms with Crippen LogP contribution in [0.5, 0.6) is 0 Å². The van der Waals surface area contributed by atoms with Crippen LogP contribution in [0.15, 0.2) is 0 Å². The lowest BCUT2D eigenvalue weighted by molar-refractivity contribution is -0.0541. The van der Waals surface area contributed by atoms with Gasteiger partial charge < -0.3 is 4.74 Å². The average molecular weight is 182 g/mol. The zero-order valence-electron chi connectivity index (χ0n) is 6.48. The minimum atomic E-state index is -3.27. The van der Waals surface area contributed by atoms with E-state index < -0.39 is 14.1 Å². The van der Waals surface area contributed by atoms with E-state index in [1.165, 1.54) is 7.11 Å². The van der Waals surface area contributed by atoms with Crippen molar-refractivity contribution >= 4 is 7.82 Å². The fraction of sp³-hybridized carbons (Fsp3) is 1.00. The van der Waals surface area contributed by atoms with Gasteiger partial charge in [0.05, 0.1) is 13.2 Å². The summed E-state index contributed by atoms with van der Waals surface area (Å²) >= 11 is 0. The van der Waals surface area contributed by atoms with Gasteiger partial charge in [0.2, 0.25) is 0 Å². The second kappa shape index (κ2) is 3.65. The predicted molar refractivity (Wildman–Crippen MR) is 37.1 cm³/mol. The lowest BCUT2D eigenvalue weighted by Gasteiger charge is -2.14. The standard InChI is InChI=1S/C5H11O5P/c1-5(7-2)10-11(6)8-3-4-9-11/h5H,3-4H2,1-2H3. The average Bonchev–Trinajstić information content (AvgIpc) is 2.36. The first-order valence-corrected chi connectivity index (χ1v) is 4.73. The second-order valence-electron chi connectivity index (χ2n) is 2.02. The van der Waals surface area contributed by atoms with Crippen molar-refractivity contribution in [3.63, 3.8) is 0 Å². The molecule has 0 bridgehead atoms. The SMILES string of the molecule is COC(C)OP1(=O)OCCO1. The molecule has 11 heavy (non-hydrogen) atoms. The van der Waals surface area contributed by atoms with Crippen molar-refractivity contribution in [2.24, 2.45) is 0 Å². The summed E-state index contributed by atoms with van der Waals surface area (Å²) in [6, 6.07) is 0. The zero-order valence-corrected chi connectivity index (χ0v) is 7.37. The predicted octanol–water partition coefficient (Wildman–Crippen LogP) is 1.15. The molecule has 1 aliphatic heterocycles. The smallest absolute Gasteiger partial charge is 0.356 e. The normalized spacial score (nSPS) is 25.3. The van der Waals surface area contributed by atoms with Crippen LogP contribution in [0.4, 0.5) is 0 Å². The van der Waals surface area contributed by atoms with Gasteiger partial charge in [-0.25, -0.2) is 4.57 Å². The lowest BCUT2D eigenvalue weighted by Crippen LogP contribution is -2.08. The molecule has 1 aliphatic rings. The molecule has 0 aromatic carbocycles. The quantitative estimate of drug-likeness (QED) is 0.484. The number of methoxy groups -OCH3 is 1. The minimum Gasteiger partial charge on any atom is -0.356 e. The van der Waals surface area contributed by atoms with E-state index in [1.807, 2.05) is 0 Å². The van der Waals surface area contributed by atoms with E-state index >= 15 is 0 Å². The van der Waals surface area contributed by atoms with Crippen LogP contribution in [0.3, 0.4) is 0 Å². The summed E-state index contributed by atoms with van der Waals surface area (Å²) in [4.78, 5) is 0. The van der Waals surface area contributed by atoms with E-state index in [0.29, 0.717) is 13.2 Å². The molecular weight excluding hydrogens is 171 g/mol.